The number of anilines is 1. The number of rotatable bonds is 5. The fourth-order valence-electron chi connectivity index (χ4n) is 3.48. The van der Waals surface area contributed by atoms with Crippen molar-refractivity contribution in [1.82, 2.24) is 4.98 Å². The lowest BCUT2D eigenvalue weighted by molar-refractivity contribution is -0.261. The van der Waals surface area contributed by atoms with Crippen molar-refractivity contribution in [3.8, 4) is 5.75 Å². The van der Waals surface area contributed by atoms with Crippen LogP contribution in [0.15, 0.2) is 36.5 Å². The van der Waals surface area contributed by atoms with Gasteiger partial charge in [-0.2, -0.15) is 13.2 Å². The van der Waals surface area contributed by atoms with Crippen LogP contribution >= 0.6 is 0 Å². The number of ether oxygens (including phenoxy) is 2. The Morgan fingerprint density at radius 1 is 1.29 bits per heavy atom. The van der Waals surface area contributed by atoms with Gasteiger partial charge in [-0.05, 0) is 31.5 Å². The molecule has 3 N–H and O–H groups in total. The summed E-state index contributed by atoms with van der Waals surface area (Å²) < 4.78 is 65.0. The number of carbonyl (C=O) groups is 2. The molecule has 0 saturated carbocycles. The Bertz CT molecular complexity index is 1010. The first-order valence-corrected chi connectivity index (χ1v) is 9.10. The van der Waals surface area contributed by atoms with Gasteiger partial charge in [0, 0.05) is 29.4 Å². The van der Waals surface area contributed by atoms with Crippen molar-refractivity contribution in [1.29, 1.82) is 0 Å². The third kappa shape index (κ3) is 4.46. The van der Waals surface area contributed by atoms with E-state index in [1.807, 2.05) is 0 Å². The molecular weight excluding hydrogens is 422 g/mol. The number of primary amides is 1. The fraction of sp³-hybridized carbons (Fsp3) is 0.350. The normalized spacial score (nSPS) is 23.4. The van der Waals surface area contributed by atoms with Gasteiger partial charge in [0.2, 0.25) is 0 Å². The number of aromatic nitrogens is 1. The minimum Gasteiger partial charge on any atom is -0.496 e. The van der Waals surface area contributed by atoms with Crippen molar-refractivity contribution in [3.05, 3.63) is 53.6 Å². The fourth-order valence-corrected chi connectivity index (χ4v) is 3.48. The van der Waals surface area contributed by atoms with Crippen LogP contribution in [0, 0.1) is 5.82 Å². The number of nitrogens with zero attached hydrogens (tertiary/aromatic N) is 1. The Balaban J connectivity index is 1.97. The molecule has 0 spiro atoms. The van der Waals surface area contributed by atoms with Crippen LogP contribution in [-0.2, 0) is 9.53 Å². The van der Waals surface area contributed by atoms with Gasteiger partial charge in [-0.25, -0.2) is 4.39 Å². The quantitative estimate of drug-likeness (QED) is 0.694. The number of methoxy groups -OCH3 is 1. The molecule has 0 radical (unpaired) electrons. The topological polar surface area (TPSA) is 104 Å². The molecule has 31 heavy (non-hydrogen) atoms. The predicted octanol–water partition coefficient (Wildman–Crippen LogP) is 3.16. The summed E-state index contributed by atoms with van der Waals surface area (Å²) in [5.74, 6) is -3.45. The SMILES string of the molecule is COc1cc(F)ccc1[C@@H]1C[C@@](C)(C(F)(F)F)O[C@@H]1C(=O)Nc1ccnc(C(N)=O)c1. The average Bonchev–Trinajstić information content (AvgIpc) is 3.07. The highest BCUT2D eigenvalue weighted by Gasteiger charge is 2.61. The van der Waals surface area contributed by atoms with E-state index in [-0.39, 0.29) is 22.7 Å². The van der Waals surface area contributed by atoms with E-state index >= 15 is 0 Å². The van der Waals surface area contributed by atoms with Gasteiger partial charge in [-0.15, -0.1) is 0 Å². The highest BCUT2D eigenvalue weighted by Crippen LogP contribution is 2.51. The minimum atomic E-state index is -4.76. The van der Waals surface area contributed by atoms with Crippen molar-refractivity contribution < 1.29 is 36.6 Å². The highest BCUT2D eigenvalue weighted by molar-refractivity contribution is 5.97. The molecule has 1 fully saturated rings. The van der Waals surface area contributed by atoms with E-state index in [1.54, 1.807) is 0 Å². The maximum absolute atomic E-state index is 13.7. The summed E-state index contributed by atoms with van der Waals surface area (Å²) >= 11 is 0. The Labute approximate surface area is 174 Å². The first-order chi connectivity index (χ1) is 14.4. The number of hydrogen-bond acceptors (Lipinski definition) is 5. The standard InChI is InChI=1S/C20H19F4N3O4/c1-19(20(22,23)24)9-13(12-4-3-10(21)7-15(12)30-2)16(31-19)18(29)27-11-5-6-26-14(8-11)17(25)28/h3-8,13,16H,9H2,1-2H3,(H2,25,28)(H,26,27,29)/t13-,16-,19-/m0/s1. The van der Waals surface area contributed by atoms with Gasteiger partial charge in [0.25, 0.3) is 11.8 Å². The summed E-state index contributed by atoms with van der Waals surface area (Å²) in [5, 5.41) is 2.42. The maximum atomic E-state index is 13.7. The molecule has 1 aliphatic rings. The van der Waals surface area contributed by atoms with E-state index < -0.39 is 47.9 Å². The molecule has 2 aromatic rings. The summed E-state index contributed by atoms with van der Waals surface area (Å²) in [6.45, 7) is 0.848. The number of benzene rings is 1. The molecule has 1 aliphatic heterocycles. The van der Waals surface area contributed by atoms with Crippen molar-refractivity contribution in [2.24, 2.45) is 5.73 Å². The summed E-state index contributed by atoms with van der Waals surface area (Å²) in [7, 11) is 1.24. The van der Waals surface area contributed by atoms with Crippen LogP contribution < -0.4 is 15.8 Å². The lowest BCUT2D eigenvalue weighted by Gasteiger charge is -2.27. The molecule has 2 heterocycles. The van der Waals surface area contributed by atoms with Crippen LogP contribution in [0.2, 0.25) is 0 Å². The maximum Gasteiger partial charge on any atom is 0.417 e. The number of nitrogens with two attached hydrogens (primary N) is 1. The Kier molecular flexibility index (Phi) is 5.90. The van der Waals surface area contributed by atoms with Gasteiger partial charge in [-0.1, -0.05) is 6.07 Å². The molecule has 3 atom stereocenters. The van der Waals surface area contributed by atoms with Crippen LogP contribution in [0.4, 0.5) is 23.2 Å². The number of carbonyl (C=O) groups excluding carboxylic acids is 2. The highest BCUT2D eigenvalue weighted by atomic mass is 19.4. The largest absolute Gasteiger partial charge is 0.496 e. The lowest BCUT2D eigenvalue weighted by atomic mass is 9.86. The molecule has 11 heteroatoms. The average molecular weight is 441 g/mol. The number of hydrogen-bond donors (Lipinski definition) is 2. The summed E-state index contributed by atoms with van der Waals surface area (Å²) in [4.78, 5) is 27.9. The van der Waals surface area contributed by atoms with Crippen LogP contribution in [0.5, 0.6) is 5.75 Å². The van der Waals surface area contributed by atoms with E-state index in [0.29, 0.717) is 0 Å². The van der Waals surface area contributed by atoms with Gasteiger partial charge < -0.3 is 20.5 Å². The van der Waals surface area contributed by atoms with Crippen molar-refractivity contribution in [3.63, 3.8) is 0 Å². The number of pyridine rings is 1. The predicted molar refractivity (Wildman–Crippen MR) is 101 cm³/mol. The summed E-state index contributed by atoms with van der Waals surface area (Å²) in [5.41, 5.74) is 2.70. The molecule has 166 valence electrons. The van der Waals surface area contributed by atoms with E-state index in [4.69, 9.17) is 15.2 Å². The zero-order valence-electron chi connectivity index (χ0n) is 16.5. The van der Waals surface area contributed by atoms with E-state index in [2.05, 4.69) is 10.3 Å². The second-order valence-electron chi connectivity index (χ2n) is 7.25. The zero-order chi connectivity index (χ0) is 23.0. The van der Waals surface area contributed by atoms with Crippen LogP contribution in [0.1, 0.15) is 35.3 Å². The second-order valence-corrected chi connectivity index (χ2v) is 7.25. The molecule has 0 unspecified atom stereocenters. The van der Waals surface area contributed by atoms with E-state index in [1.165, 1.54) is 31.5 Å². The van der Waals surface area contributed by atoms with E-state index in [0.717, 1.165) is 19.1 Å². The van der Waals surface area contributed by atoms with Crippen molar-refractivity contribution in [2.45, 2.75) is 37.1 Å². The second kappa shape index (κ2) is 8.14. The Hall–Kier alpha value is -3.21. The lowest BCUT2D eigenvalue weighted by Crippen LogP contribution is -2.43. The zero-order valence-corrected chi connectivity index (χ0v) is 16.5. The number of halogens is 4. The Morgan fingerprint density at radius 3 is 2.61 bits per heavy atom. The number of alkyl halides is 3. The van der Waals surface area contributed by atoms with Gasteiger partial charge in [0.15, 0.2) is 5.60 Å². The molecule has 7 nitrogen and oxygen atoms in total. The third-order valence-corrected chi connectivity index (χ3v) is 5.09. The first-order valence-electron chi connectivity index (χ1n) is 9.10. The van der Waals surface area contributed by atoms with Crippen molar-refractivity contribution in [2.75, 3.05) is 12.4 Å². The van der Waals surface area contributed by atoms with Gasteiger partial charge >= 0.3 is 6.18 Å². The first kappa shape index (κ1) is 22.5. The van der Waals surface area contributed by atoms with Gasteiger partial charge in [0.05, 0.1) is 7.11 Å². The molecule has 0 aliphatic carbocycles. The van der Waals surface area contributed by atoms with E-state index in [9.17, 15) is 27.2 Å². The molecular formula is C20H19F4N3O4. The summed E-state index contributed by atoms with van der Waals surface area (Å²) in [6, 6.07) is 5.89. The molecule has 1 saturated heterocycles. The number of nitrogens with one attached hydrogen (secondary N) is 1. The molecule has 0 bridgehead atoms. The minimum absolute atomic E-state index is 0.00208. The van der Waals surface area contributed by atoms with Crippen LogP contribution in [0.25, 0.3) is 0 Å². The van der Waals surface area contributed by atoms with Gasteiger partial charge in [-0.3, -0.25) is 14.6 Å². The number of amides is 2. The smallest absolute Gasteiger partial charge is 0.417 e. The molecule has 1 aromatic carbocycles. The monoisotopic (exact) mass is 441 g/mol. The summed E-state index contributed by atoms with van der Waals surface area (Å²) in [6.07, 6.45) is -5.70. The molecule has 2 amide bonds. The molecule has 3 rings (SSSR count). The third-order valence-electron chi connectivity index (χ3n) is 5.09. The van der Waals surface area contributed by atoms with Crippen molar-refractivity contribution >= 4 is 17.5 Å². The molecule has 1 aromatic heterocycles. The van der Waals surface area contributed by atoms with Crippen LogP contribution in [0.3, 0.4) is 0 Å². The Morgan fingerprint density at radius 2 is 2.00 bits per heavy atom. The van der Waals surface area contributed by atoms with Gasteiger partial charge in [0.1, 0.15) is 23.4 Å². The van der Waals surface area contributed by atoms with Crippen LogP contribution in [-0.4, -0.2) is 41.8 Å².